The average molecular weight is 279 g/mol. The van der Waals surface area contributed by atoms with Crippen LogP contribution >= 0.6 is 0 Å². The van der Waals surface area contributed by atoms with Gasteiger partial charge in [-0.05, 0) is 23.8 Å². The van der Waals surface area contributed by atoms with E-state index < -0.39 is 23.6 Å². The normalized spacial score (nSPS) is 15.9. The van der Waals surface area contributed by atoms with Crippen LogP contribution in [0.4, 0.5) is 10.1 Å². The molecular weight excluding hydrogens is 269 g/mol. The summed E-state index contributed by atoms with van der Waals surface area (Å²) in [5, 5.41) is 8.48. The van der Waals surface area contributed by atoms with E-state index in [0.29, 0.717) is 5.56 Å². The van der Waals surface area contributed by atoms with Crippen molar-refractivity contribution in [2.75, 3.05) is 18.1 Å². The molecule has 1 aromatic rings. The lowest BCUT2D eigenvalue weighted by Crippen LogP contribution is -2.46. The summed E-state index contributed by atoms with van der Waals surface area (Å²) >= 11 is 0. The van der Waals surface area contributed by atoms with E-state index in [9.17, 15) is 18.8 Å². The van der Waals surface area contributed by atoms with Crippen LogP contribution in [0.2, 0.25) is 0 Å². The number of halogens is 1. The van der Waals surface area contributed by atoms with Crippen LogP contribution in [0.3, 0.4) is 0 Å². The molecule has 2 rings (SSSR count). The van der Waals surface area contributed by atoms with Gasteiger partial charge >= 0.3 is 5.97 Å². The second kappa shape index (κ2) is 5.62. The first-order chi connectivity index (χ1) is 9.49. The highest BCUT2D eigenvalue weighted by molar-refractivity contribution is 6.17. The quantitative estimate of drug-likeness (QED) is 0.654. The number of carbonyl (C=O) groups is 3. The summed E-state index contributed by atoms with van der Waals surface area (Å²) in [6, 6.07) is 3.71. The van der Waals surface area contributed by atoms with Crippen LogP contribution in [0.25, 0.3) is 6.08 Å². The summed E-state index contributed by atoms with van der Waals surface area (Å²) in [6.07, 6.45) is 2.07. The predicted octanol–water partition coefficient (Wildman–Crippen LogP) is 0.813. The second-order valence-electron chi connectivity index (χ2n) is 4.00. The van der Waals surface area contributed by atoms with Crippen molar-refractivity contribution in [2.24, 2.45) is 0 Å². The Kier molecular flexibility index (Phi) is 3.90. The fourth-order valence-corrected chi connectivity index (χ4v) is 1.74. The van der Waals surface area contributed by atoms with E-state index in [1.807, 2.05) is 0 Å². The first-order valence-electron chi connectivity index (χ1n) is 5.63. The summed E-state index contributed by atoms with van der Waals surface area (Å²) < 4.78 is 18.7. The van der Waals surface area contributed by atoms with Crippen LogP contribution in [-0.4, -0.2) is 36.1 Å². The molecule has 0 unspecified atom stereocenters. The largest absolute Gasteiger partial charge is 0.478 e. The van der Waals surface area contributed by atoms with Gasteiger partial charge in [0.1, 0.15) is 19.0 Å². The molecule has 1 aliphatic heterocycles. The molecule has 2 amide bonds. The minimum atomic E-state index is -1.16. The van der Waals surface area contributed by atoms with Gasteiger partial charge in [0.25, 0.3) is 11.8 Å². The van der Waals surface area contributed by atoms with Gasteiger partial charge in [0.2, 0.25) is 0 Å². The summed E-state index contributed by atoms with van der Waals surface area (Å²) in [6.45, 7) is -0.572. The second-order valence-corrected chi connectivity index (χ2v) is 4.00. The lowest BCUT2D eigenvalue weighted by Gasteiger charge is -2.25. The molecule has 0 atom stereocenters. The molecule has 0 aromatic heterocycles. The van der Waals surface area contributed by atoms with Gasteiger partial charge in [-0.25, -0.2) is 14.1 Å². The molecule has 1 aliphatic rings. The van der Waals surface area contributed by atoms with Gasteiger partial charge in [0.15, 0.2) is 0 Å². The molecule has 1 saturated heterocycles. The molecule has 1 fully saturated rings. The zero-order chi connectivity index (χ0) is 14.7. The molecule has 0 radical (unpaired) electrons. The van der Waals surface area contributed by atoms with Crippen LogP contribution in [0.5, 0.6) is 0 Å². The first-order valence-corrected chi connectivity index (χ1v) is 5.63. The number of carboxylic acid groups (broad SMARTS) is 1. The Morgan fingerprint density at radius 1 is 1.30 bits per heavy atom. The van der Waals surface area contributed by atoms with Crippen LogP contribution < -0.4 is 4.90 Å². The van der Waals surface area contributed by atoms with E-state index in [2.05, 4.69) is 0 Å². The monoisotopic (exact) mass is 279 g/mol. The van der Waals surface area contributed by atoms with Crippen molar-refractivity contribution >= 4 is 29.5 Å². The fourth-order valence-electron chi connectivity index (χ4n) is 1.74. The van der Waals surface area contributed by atoms with Crippen LogP contribution in [0, 0.1) is 5.82 Å². The van der Waals surface area contributed by atoms with E-state index in [0.717, 1.165) is 17.0 Å². The highest BCUT2D eigenvalue weighted by atomic mass is 19.1. The number of benzene rings is 1. The molecule has 0 aliphatic carbocycles. The number of carboxylic acids is 1. The van der Waals surface area contributed by atoms with Crippen LogP contribution in [0.15, 0.2) is 24.3 Å². The molecule has 6 nitrogen and oxygen atoms in total. The number of carbonyl (C=O) groups excluding carboxylic acids is 2. The molecular formula is C13H10FNO5. The molecule has 20 heavy (non-hydrogen) atoms. The van der Waals surface area contributed by atoms with Gasteiger partial charge in [-0.1, -0.05) is 6.07 Å². The Bertz CT molecular complexity index is 595. The highest BCUT2D eigenvalue weighted by Gasteiger charge is 2.30. The number of anilines is 1. The summed E-state index contributed by atoms with van der Waals surface area (Å²) in [5.74, 6) is -3.24. The van der Waals surface area contributed by atoms with Gasteiger partial charge in [-0.2, -0.15) is 0 Å². The third-order valence-electron chi connectivity index (χ3n) is 2.58. The first kappa shape index (κ1) is 13.9. The number of hydrogen-bond donors (Lipinski definition) is 1. The Morgan fingerprint density at radius 3 is 2.50 bits per heavy atom. The number of imide groups is 1. The van der Waals surface area contributed by atoms with Gasteiger partial charge in [0.05, 0.1) is 5.69 Å². The lowest BCUT2D eigenvalue weighted by molar-refractivity contribution is -0.138. The third-order valence-corrected chi connectivity index (χ3v) is 2.58. The number of nitrogens with zero attached hydrogens (tertiary/aromatic N) is 1. The molecule has 104 valence electrons. The van der Waals surface area contributed by atoms with Crippen molar-refractivity contribution in [3.05, 3.63) is 35.7 Å². The maximum atomic E-state index is 13.9. The number of amides is 2. The zero-order valence-corrected chi connectivity index (χ0v) is 10.2. The topological polar surface area (TPSA) is 83.9 Å². The van der Waals surface area contributed by atoms with E-state index >= 15 is 0 Å². The number of aliphatic carboxylic acids is 1. The number of hydrogen-bond acceptors (Lipinski definition) is 4. The van der Waals surface area contributed by atoms with Gasteiger partial charge in [0, 0.05) is 6.08 Å². The summed E-state index contributed by atoms with van der Waals surface area (Å²) in [4.78, 5) is 34.2. The van der Waals surface area contributed by atoms with E-state index in [1.165, 1.54) is 18.2 Å². The van der Waals surface area contributed by atoms with E-state index in [-0.39, 0.29) is 18.9 Å². The molecule has 1 heterocycles. The summed E-state index contributed by atoms with van der Waals surface area (Å²) in [5.41, 5.74) is 0.137. The Labute approximate surface area is 113 Å². The molecule has 0 saturated carbocycles. The predicted molar refractivity (Wildman–Crippen MR) is 66.4 cm³/mol. The number of rotatable bonds is 3. The highest BCUT2D eigenvalue weighted by Crippen LogP contribution is 2.23. The van der Waals surface area contributed by atoms with Crippen molar-refractivity contribution in [1.29, 1.82) is 0 Å². The minimum absolute atomic E-state index is 0.171. The van der Waals surface area contributed by atoms with Gasteiger partial charge in [-0.3, -0.25) is 9.59 Å². The zero-order valence-electron chi connectivity index (χ0n) is 10.2. The lowest BCUT2D eigenvalue weighted by atomic mass is 10.1. The van der Waals surface area contributed by atoms with Crippen molar-refractivity contribution in [2.45, 2.75) is 0 Å². The fraction of sp³-hybridized carbons (Fsp3) is 0.154. The number of ether oxygens (including phenoxy) is 1. The Morgan fingerprint density at radius 2 is 1.95 bits per heavy atom. The number of morpholine rings is 1. The maximum absolute atomic E-state index is 13.9. The minimum Gasteiger partial charge on any atom is -0.478 e. The van der Waals surface area contributed by atoms with Crippen LogP contribution in [0.1, 0.15) is 5.56 Å². The Balaban J connectivity index is 2.31. The molecule has 1 aromatic carbocycles. The molecule has 0 spiro atoms. The van der Waals surface area contributed by atoms with Gasteiger partial charge in [-0.15, -0.1) is 0 Å². The third kappa shape index (κ3) is 2.89. The summed E-state index contributed by atoms with van der Waals surface area (Å²) in [7, 11) is 0. The standard InChI is InChI=1S/C13H10FNO5/c14-9-5-8(2-4-13(18)19)1-3-10(9)15-11(16)6-20-7-12(15)17/h1-5H,6-7H2,(H,18,19). The van der Waals surface area contributed by atoms with Crippen molar-refractivity contribution in [3.63, 3.8) is 0 Å². The molecule has 7 heteroatoms. The average Bonchev–Trinajstić information content (AvgIpc) is 2.38. The molecule has 0 bridgehead atoms. The van der Waals surface area contributed by atoms with E-state index in [1.54, 1.807) is 0 Å². The van der Waals surface area contributed by atoms with Crippen molar-refractivity contribution < 1.29 is 28.6 Å². The van der Waals surface area contributed by atoms with Crippen LogP contribution in [-0.2, 0) is 19.1 Å². The smallest absolute Gasteiger partial charge is 0.328 e. The van der Waals surface area contributed by atoms with Crippen molar-refractivity contribution in [3.8, 4) is 0 Å². The SMILES string of the molecule is O=C(O)C=Cc1ccc(N2C(=O)COCC2=O)c(F)c1. The molecule has 1 N–H and O–H groups in total. The van der Waals surface area contributed by atoms with Crippen molar-refractivity contribution in [1.82, 2.24) is 0 Å². The van der Waals surface area contributed by atoms with E-state index in [4.69, 9.17) is 9.84 Å². The van der Waals surface area contributed by atoms with Gasteiger partial charge < -0.3 is 9.84 Å². The maximum Gasteiger partial charge on any atom is 0.328 e. The Hall–Kier alpha value is -2.54.